The van der Waals surface area contributed by atoms with Crippen LogP contribution in [0.15, 0.2) is 23.5 Å². The van der Waals surface area contributed by atoms with Crippen LogP contribution in [0.3, 0.4) is 0 Å². The molecule has 0 unspecified atom stereocenters. The Hall–Kier alpha value is -2.12. The summed E-state index contributed by atoms with van der Waals surface area (Å²) in [4.78, 5) is 15.7. The summed E-state index contributed by atoms with van der Waals surface area (Å²) < 4.78 is 0. The zero-order valence-corrected chi connectivity index (χ0v) is 13.5. The standard InChI is InChI=1S/C15H18ClN5O2/c1-2-20-3-5-21(6-4-20)13-9-17-18-15(13)10-7-11(16)14(22)8-12(10)19-23/h7-9,22H,2-6H2,1H3,(H,17,18). The molecule has 0 saturated carbocycles. The Labute approximate surface area is 138 Å². The second kappa shape index (κ2) is 6.55. The van der Waals surface area contributed by atoms with E-state index < -0.39 is 0 Å². The van der Waals surface area contributed by atoms with Crippen molar-refractivity contribution in [1.82, 2.24) is 15.1 Å². The molecule has 1 saturated heterocycles. The third-order valence-electron chi connectivity index (χ3n) is 4.21. The quantitative estimate of drug-likeness (QED) is 0.839. The molecule has 2 N–H and O–H groups in total. The van der Waals surface area contributed by atoms with E-state index >= 15 is 0 Å². The van der Waals surface area contributed by atoms with Gasteiger partial charge < -0.3 is 14.9 Å². The number of aromatic nitrogens is 2. The van der Waals surface area contributed by atoms with Crippen molar-refractivity contribution in [2.75, 3.05) is 37.6 Å². The lowest BCUT2D eigenvalue weighted by Crippen LogP contribution is -2.46. The first kappa shape index (κ1) is 15.8. The molecule has 1 aromatic heterocycles. The van der Waals surface area contributed by atoms with Crippen LogP contribution in [0.1, 0.15) is 6.92 Å². The smallest absolute Gasteiger partial charge is 0.136 e. The van der Waals surface area contributed by atoms with E-state index in [-0.39, 0.29) is 16.5 Å². The molecule has 0 bridgehead atoms. The molecule has 8 heteroatoms. The van der Waals surface area contributed by atoms with Gasteiger partial charge in [0.25, 0.3) is 0 Å². The number of aromatic amines is 1. The lowest BCUT2D eigenvalue weighted by atomic mass is 10.1. The molecule has 7 nitrogen and oxygen atoms in total. The summed E-state index contributed by atoms with van der Waals surface area (Å²) in [7, 11) is 0. The first-order valence-electron chi connectivity index (χ1n) is 7.51. The van der Waals surface area contributed by atoms with Gasteiger partial charge in [0.15, 0.2) is 0 Å². The summed E-state index contributed by atoms with van der Waals surface area (Å²) in [5, 5.41) is 19.9. The molecule has 1 aliphatic heterocycles. The predicted octanol–water partition coefficient (Wildman–Crippen LogP) is 2.98. The molecule has 0 amide bonds. The van der Waals surface area contributed by atoms with Crippen molar-refractivity contribution in [2.24, 2.45) is 5.18 Å². The van der Waals surface area contributed by atoms with Gasteiger partial charge in [-0.15, -0.1) is 4.91 Å². The molecule has 23 heavy (non-hydrogen) atoms. The monoisotopic (exact) mass is 335 g/mol. The number of piperazine rings is 1. The van der Waals surface area contributed by atoms with Crippen molar-refractivity contribution >= 4 is 23.0 Å². The molecule has 2 aromatic rings. The lowest BCUT2D eigenvalue weighted by Gasteiger charge is -2.35. The van der Waals surface area contributed by atoms with Crippen LogP contribution in [0, 0.1) is 4.91 Å². The number of hydrogen-bond acceptors (Lipinski definition) is 6. The largest absolute Gasteiger partial charge is 0.506 e. The molecular formula is C15H18ClN5O2. The third kappa shape index (κ3) is 3.02. The molecule has 0 atom stereocenters. The van der Waals surface area contributed by atoms with E-state index in [1.54, 1.807) is 6.20 Å². The Bertz CT molecular complexity index is 710. The number of phenols is 1. The van der Waals surface area contributed by atoms with Gasteiger partial charge in [0.1, 0.15) is 11.4 Å². The van der Waals surface area contributed by atoms with Crippen molar-refractivity contribution in [3.05, 3.63) is 28.3 Å². The van der Waals surface area contributed by atoms with E-state index in [1.165, 1.54) is 12.1 Å². The summed E-state index contributed by atoms with van der Waals surface area (Å²) in [6, 6.07) is 2.80. The average molecular weight is 336 g/mol. The fourth-order valence-corrected chi connectivity index (χ4v) is 3.01. The number of H-pyrrole nitrogens is 1. The van der Waals surface area contributed by atoms with Crippen molar-refractivity contribution in [3.8, 4) is 17.0 Å². The van der Waals surface area contributed by atoms with Gasteiger partial charge in [-0.05, 0) is 17.8 Å². The molecule has 2 heterocycles. The van der Waals surface area contributed by atoms with E-state index in [4.69, 9.17) is 11.6 Å². The Balaban J connectivity index is 1.96. The van der Waals surface area contributed by atoms with Crippen LogP contribution in [0.5, 0.6) is 5.75 Å². The van der Waals surface area contributed by atoms with Gasteiger partial charge in [0.05, 0.1) is 22.6 Å². The minimum Gasteiger partial charge on any atom is -0.506 e. The number of nitrogens with zero attached hydrogens (tertiary/aromatic N) is 4. The molecule has 122 valence electrons. The molecule has 1 aromatic carbocycles. The van der Waals surface area contributed by atoms with Crippen LogP contribution in [-0.2, 0) is 0 Å². The molecule has 0 aliphatic carbocycles. The fourth-order valence-electron chi connectivity index (χ4n) is 2.85. The Morgan fingerprint density at radius 2 is 2.09 bits per heavy atom. The maximum atomic E-state index is 11.1. The van der Waals surface area contributed by atoms with Crippen LogP contribution < -0.4 is 4.90 Å². The fraction of sp³-hybridized carbons (Fsp3) is 0.400. The van der Waals surface area contributed by atoms with Gasteiger partial charge in [-0.25, -0.2) is 0 Å². The number of anilines is 1. The first-order chi connectivity index (χ1) is 11.1. The second-order valence-electron chi connectivity index (χ2n) is 5.46. The molecular weight excluding hydrogens is 318 g/mol. The number of hydrogen-bond donors (Lipinski definition) is 2. The molecule has 0 spiro atoms. The van der Waals surface area contributed by atoms with Crippen molar-refractivity contribution in [3.63, 3.8) is 0 Å². The topological polar surface area (TPSA) is 84.8 Å². The highest BCUT2D eigenvalue weighted by Gasteiger charge is 2.22. The van der Waals surface area contributed by atoms with Crippen LogP contribution in [0.25, 0.3) is 11.3 Å². The number of aromatic hydroxyl groups is 1. The summed E-state index contributed by atoms with van der Waals surface area (Å²) in [5.41, 5.74) is 2.26. The maximum Gasteiger partial charge on any atom is 0.136 e. The summed E-state index contributed by atoms with van der Waals surface area (Å²) >= 11 is 5.99. The molecule has 1 fully saturated rings. The highest BCUT2D eigenvalue weighted by Crippen LogP contribution is 2.40. The van der Waals surface area contributed by atoms with Crippen LogP contribution in [0.2, 0.25) is 5.02 Å². The first-order valence-corrected chi connectivity index (χ1v) is 7.88. The Kier molecular flexibility index (Phi) is 4.49. The van der Waals surface area contributed by atoms with Crippen LogP contribution in [0.4, 0.5) is 11.4 Å². The molecule has 3 rings (SSSR count). The SMILES string of the molecule is CCN1CCN(c2cn[nH]c2-c2cc(Cl)c(O)cc2N=O)CC1. The molecule has 0 radical (unpaired) electrons. The number of phenolic OH excluding ortho intramolecular Hbond substituents is 1. The van der Waals surface area contributed by atoms with Crippen molar-refractivity contribution < 1.29 is 5.11 Å². The highest BCUT2D eigenvalue weighted by atomic mass is 35.5. The van der Waals surface area contributed by atoms with Gasteiger partial charge in [0, 0.05) is 37.8 Å². The van der Waals surface area contributed by atoms with Gasteiger partial charge in [0.2, 0.25) is 0 Å². The minimum atomic E-state index is -0.164. The lowest BCUT2D eigenvalue weighted by molar-refractivity contribution is 0.271. The van der Waals surface area contributed by atoms with Crippen molar-refractivity contribution in [2.45, 2.75) is 6.92 Å². The maximum absolute atomic E-state index is 11.1. The van der Waals surface area contributed by atoms with Gasteiger partial charge in [-0.1, -0.05) is 18.5 Å². The van der Waals surface area contributed by atoms with E-state index in [1.807, 2.05) is 0 Å². The summed E-state index contributed by atoms with van der Waals surface area (Å²) in [6.07, 6.45) is 1.74. The van der Waals surface area contributed by atoms with E-state index in [2.05, 4.69) is 32.1 Å². The summed E-state index contributed by atoms with van der Waals surface area (Å²) in [6.45, 7) is 6.93. The van der Waals surface area contributed by atoms with Crippen LogP contribution >= 0.6 is 11.6 Å². The number of rotatable bonds is 4. The predicted molar refractivity (Wildman–Crippen MR) is 90.5 cm³/mol. The normalized spacial score (nSPS) is 15.8. The number of nitroso groups, excluding NO2 is 1. The Morgan fingerprint density at radius 3 is 2.74 bits per heavy atom. The summed E-state index contributed by atoms with van der Waals surface area (Å²) in [5.74, 6) is -0.164. The average Bonchev–Trinajstić information content (AvgIpc) is 3.06. The minimum absolute atomic E-state index is 0.129. The number of nitrogens with one attached hydrogen (secondary N) is 1. The zero-order valence-electron chi connectivity index (χ0n) is 12.8. The van der Waals surface area contributed by atoms with E-state index in [0.717, 1.165) is 38.4 Å². The van der Waals surface area contributed by atoms with Crippen molar-refractivity contribution in [1.29, 1.82) is 0 Å². The number of likely N-dealkylation sites (N-methyl/N-ethyl adjacent to an activating group) is 1. The van der Waals surface area contributed by atoms with Gasteiger partial charge >= 0.3 is 0 Å². The number of halogens is 1. The van der Waals surface area contributed by atoms with Gasteiger partial charge in [-0.2, -0.15) is 5.10 Å². The van der Waals surface area contributed by atoms with Gasteiger partial charge in [-0.3, -0.25) is 5.10 Å². The Morgan fingerprint density at radius 1 is 1.35 bits per heavy atom. The third-order valence-corrected chi connectivity index (χ3v) is 4.52. The van der Waals surface area contributed by atoms with Crippen LogP contribution in [-0.4, -0.2) is 52.9 Å². The molecule has 1 aliphatic rings. The van der Waals surface area contributed by atoms with E-state index in [0.29, 0.717) is 11.3 Å². The second-order valence-corrected chi connectivity index (χ2v) is 5.87. The number of benzene rings is 1. The van der Waals surface area contributed by atoms with E-state index in [9.17, 15) is 10.0 Å². The zero-order chi connectivity index (χ0) is 16.4. The highest BCUT2D eigenvalue weighted by molar-refractivity contribution is 6.32.